The molecule has 0 saturated carbocycles. The van der Waals surface area contributed by atoms with E-state index < -0.39 is 0 Å². The number of hydrogen-bond acceptors (Lipinski definition) is 5. The predicted molar refractivity (Wildman–Crippen MR) is 97.2 cm³/mol. The van der Waals surface area contributed by atoms with Gasteiger partial charge < -0.3 is 5.32 Å². The van der Waals surface area contributed by atoms with E-state index in [-0.39, 0.29) is 11.2 Å². The Labute approximate surface area is 151 Å². The van der Waals surface area contributed by atoms with Crippen LogP contribution in [0, 0.1) is 0 Å². The van der Waals surface area contributed by atoms with E-state index in [1.54, 1.807) is 4.68 Å². The molecular formula is C16H14BrN5OS. The molecule has 0 aliphatic rings. The number of anilines is 1. The van der Waals surface area contributed by atoms with Gasteiger partial charge in [-0.25, -0.2) is 0 Å². The molecule has 0 aliphatic carbocycles. The molecule has 1 amide bonds. The highest BCUT2D eigenvalue weighted by atomic mass is 79.9. The monoisotopic (exact) mass is 403 g/mol. The summed E-state index contributed by atoms with van der Waals surface area (Å²) in [5.41, 5.74) is 1.60. The van der Waals surface area contributed by atoms with Gasteiger partial charge in [-0.15, -0.1) is 5.10 Å². The van der Waals surface area contributed by atoms with Crippen molar-refractivity contribution >= 4 is 39.3 Å². The van der Waals surface area contributed by atoms with Crippen LogP contribution in [0.2, 0.25) is 0 Å². The Kier molecular flexibility index (Phi) is 5.27. The number of tetrazole rings is 1. The second-order valence-corrected chi connectivity index (χ2v) is 7.19. The van der Waals surface area contributed by atoms with Crippen LogP contribution in [0.3, 0.4) is 0 Å². The van der Waals surface area contributed by atoms with Crippen molar-refractivity contribution in [3.05, 3.63) is 59.1 Å². The van der Waals surface area contributed by atoms with Gasteiger partial charge in [0.2, 0.25) is 11.1 Å². The van der Waals surface area contributed by atoms with E-state index >= 15 is 0 Å². The van der Waals surface area contributed by atoms with Gasteiger partial charge >= 0.3 is 0 Å². The van der Waals surface area contributed by atoms with Gasteiger partial charge in [-0.3, -0.25) is 4.79 Å². The normalized spacial score (nSPS) is 11.9. The maximum atomic E-state index is 12.3. The van der Waals surface area contributed by atoms with Crippen LogP contribution in [0.25, 0.3) is 5.69 Å². The SMILES string of the molecule is CC(Sc1nnnn1-c1ccc(Br)cc1)C(=O)Nc1ccccc1. The number of halogens is 1. The number of carbonyl (C=O) groups is 1. The van der Waals surface area contributed by atoms with Gasteiger partial charge in [0.25, 0.3) is 0 Å². The Morgan fingerprint density at radius 1 is 1.17 bits per heavy atom. The number of nitrogens with zero attached hydrogens (tertiary/aromatic N) is 4. The Hall–Kier alpha value is -2.19. The molecule has 2 aromatic carbocycles. The number of para-hydroxylation sites is 1. The average molecular weight is 404 g/mol. The molecule has 1 N–H and O–H groups in total. The lowest BCUT2D eigenvalue weighted by Crippen LogP contribution is -2.22. The summed E-state index contributed by atoms with van der Waals surface area (Å²) in [5.74, 6) is -0.100. The first kappa shape index (κ1) is 16.7. The molecule has 0 aliphatic heterocycles. The lowest BCUT2D eigenvalue weighted by atomic mass is 10.3. The van der Waals surface area contributed by atoms with Crippen LogP contribution in [0.5, 0.6) is 0 Å². The van der Waals surface area contributed by atoms with Gasteiger partial charge in [0, 0.05) is 10.2 Å². The Morgan fingerprint density at radius 3 is 2.58 bits per heavy atom. The number of benzene rings is 2. The molecule has 0 saturated heterocycles. The van der Waals surface area contributed by atoms with Crippen LogP contribution in [0.15, 0.2) is 64.2 Å². The molecular weight excluding hydrogens is 390 g/mol. The standard InChI is InChI=1S/C16H14BrN5OS/c1-11(15(23)18-13-5-3-2-4-6-13)24-16-19-20-21-22(16)14-9-7-12(17)8-10-14/h2-11H,1H3,(H,18,23). The van der Waals surface area contributed by atoms with Gasteiger partial charge in [0.15, 0.2) is 0 Å². The van der Waals surface area contributed by atoms with Crippen LogP contribution in [0.1, 0.15) is 6.92 Å². The second kappa shape index (κ2) is 7.59. The van der Waals surface area contributed by atoms with Crippen molar-refractivity contribution in [2.24, 2.45) is 0 Å². The van der Waals surface area contributed by atoms with Crippen molar-refractivity contribution in [2.75, 3.05) is 5.32 Å². The molecule has 24 heavy (non-hydrogen) atoms. The third kappa shape index (κ3) is 4.01. The van der Waals surface area contributed by atoms with Crippen molar-refractivity contribution in [1.29, 1.82) is 0 Å². The molecule has 1 atom stereocenters. The highest BCUT2D eigenvalue weighted by molar-refractivity contribution is 9.10. The fourth-order valence-electron chi connectivity index (χ4n) is 1.97. The molecule has 3 rings (SSSR count). The summed E-state index contributed by atoms with van der Waals surface area (Å²) in [5, 5.41) is 14.8. The summed E-state index contributed by atoms with van der Waals surface area (Å²) in [6.07, 6.45) is 0. The van der Waals surface area contributed by atoms with Gasteiger partial charge in [0.1, 0.15) is 0 Å². The number of nitrogens with one attached hydrogen (secondary N) is 1. The summed E-state index contributed by atoms with van der Waals surface area (Å²) >= 11 is 4.71. The molecule has 3 aromatic rings. The number of rotatable bonds is 5. The number of hydrogen-bond donors (Lipinski definition) is 1. The third-order valence-electron chi connectivity index (χ3n) is 3.20. The van der Waals surface area contributed by atoms with Gasteiger partial charge in [-0.2, -0.15) is 4.68 Å². The highest BCUT2D eigenvalue weighted by Crippen LogP contribution is 2.24. The maximum Gasteiger partial charge on any atom is 0.237 e. The molecule has 1 heterocycles. The van der Waals surface area contributed by atoms with Crippen molar-refractivity contribution in [2.45, 2.75) is 17.3 Å². The molecule has 8 heteroatoms. The molecule has 0 radical (unpaired) electrons. The first-order chi connectivity index (χ1) is 11.6. The Balaban J connectivity index is 1.71. The van der Waals surface area contributed by atoms with E-state index in [9.17, 15) is 4.79 Å². The Bertz CT molecular complexity index is 822. The van der Waals surface area contributed by atoms with Crippen LogP contribution >= 0.6 is 27.7 Å². The molecule has 0 spiro atoms. The zero-order valence-electron chi connectivity index (χ0n) is 12.8. The van der Waals surface area contributed by atoms with E-state index in [2.05, 4.69) is 36.8 Å². The smallest absolute Gasteiger partial charge is 0.237 e. The van der Waals surface area contributed by atoms with E-state index in [0.717, 1.165) is 15.8 Å². The predicted octanol–water partition coefficient (Wildman–Crippen LogP) is 3.54. The van der Waals surface area contributed by atoms with Gasteiger partial charge in [0.05, 0.1) is 10.9 Å². The van der Waals surface area contributed by atoms with Gasteiger partial charge in [-0.05, 0) is 53.7 Å². The number of aromatic nitrogens is 4. The zero-order valence-corrected chi connectivity index (χ0v) is 15.2. The minimum absolute atomic E-state index is 0.100. The van der Waals surface area contributed by atoms with E-state index in [1.165, 1.54) is 11.8 Å². The highest BCUT2D eigenvalue weighted by Gasteiger charge is 2.19. The lowest BCUT2D eigenvalue weighted by molar-refractivity contribution is -0.115. The summed E-state index contributed by atoms with van der Waals surface area (Å²) in [6.45, 7) is 1.82. The van der Waals surface area contributed by atoms with Crippen molar-refractivity contribution in [3.63, 3.8) is 0 Å². The minimum atomic E-state index is -0.342. The number of carbonyl (C=O) groups excluding carboxylic acids is 1. The first-order valence-electron chi connectivity index (χ1n) is 7.20. The van der Waals surface area contributed by atoms with Crippen LogP contribution in [-0.2, 0) is 4.79 Å². The average Bonchev–Trinajstić information content (AvgIpc) is 3.04. The van der Waals surface area contributed by atoms with Crippen LogP contribution in [-0.4, -0.2) is 31.4 Å². The number of amides is 1. The maximum absolute atomic E-state index is 12.3. The van der Waals surface area contributed by atoms with Gasteiger partial charge in [-0.1, -0.05) is 45.9 Å². The molecule has 0 fully saturated rings. The quantitative estimate of drug-likeness (QED) is 0.659. The summed E-state index contributed by atoms with van der Waals surface area (Å²) in [7, 11) is 0. The summed E-state index contributed by atoms with van der Waals surface area (Å²) < 4.78 is 2.59. The van der Waals surface area contributed by atoms with Crippen molar-refractivity contribution in [1.82, 2.24) is 20.2 Å². The van der Waals surface area contributed by atoms with Crippen molar-refractivity contribution < 1.29 is 4.79 Å². The lowest BCUT2D eigenvalue weighted by Gasteiger charge is -2.11. The van der Waals surface area contributed by atoms with E-state index in [0.29, 0.717) is 5.16 Å². The molecule has 122 valence electrons. The molecule has 1 unspecified atom stereocenters. The Morgan fingerprint density at radius 2 is 1.88 bits per heavy atom. The summed E-state index contributed by atoms with van der Waals surface area (Å²) in [6, 6.07) is 17.0. The fraction of sp³-hybridized carbons (Fsp3) is 0.125. The van der Waals surface area contributed by atoms with Crippen molar-refractivity contribution in [3.8, 4) is 5.69 Å². The topological polar surface area (TPSA) is 72.7 Å². The molecule has 0 bridgehead atoms. The fourth-order valence-corrected chi connectivity index (χ4v) is 3.05. The number of thioether (sulfide) groups is 1. The second-order valence-electron chi connectivity index (χ2n) is 4.97. The summed E-state index contributed by atoms with van der Waals surface area (Å²) in [4.78, 5) is 12.3. The van der Waals surface area contributed by atoms with Crippen LogP contribution < -0.4 is 5.32 Å². The molecule has 1 aromatic heterocycles. The van der Waals surface area contributed by atoms with Crippen LogP contribution in [0.4, 0.5) is 5.69 Å². The largest absolute Gasteiger partial charge is 0.325 e. The third-order valence-corrected chi connectivity index (χ3v) is 4.77. The minimum Gasteiger partial charge on any atom is -0.325 e. The molecule has 6 nitrogen and oxygen atoms in total. The van der Waals surface area contributed by atoms with E-state index in [1.807, 2.05) is 61.5 Å². The first-order valence-corrected chi connectivity index (χ1v) is 8.87. The zero-order chi connectivity index (χ0) is 16.9. The van der Waals surface area contributed by atoms with E-state index in [4.69, 9.17) is 0 Å².